The molecular formula is C15H22O. The van der Waals surface area contributed by atoms with Crippen LogP contribution >= 0.6 is 0 Å². The molecule has 1 nitrogen and oxygen atoms in total. The topological polar surface area (TPSA) is 17.1 Å². The van der Waals surface area contributed by atoms with Gasteiger partial charge in [0, 0.05) is 6.42 Å². The van der Waals surface area contributed by atoms with Crippen molar-refractivity contribution in [3.63, 3.8) is 0 Å². The van der Waals surface area contributed by atoms with Gasteiger partial charge in [-0.25, -0.2) is 0 Å². The first-order valence-electron chi connectivity index (χ1n) is 6.32. The van der Waals surface area contributed by atoms with Crippen LogP contribution in [0.15, 0.2) is 22.8 Å². The van der Waals surface area contributed by atoms with Crippen molar-refractivity contribution in [3.05, 3.63) is 22.8 Å². The molecule has 2 rings (SSSR count). The van der Waals surface area contributed by atoms with Gasteiger partial charge < -0.3 is 0 Å². The van der Waals surface area contributed by atoms with Gasteiger partial charge in [-0.1, -0.05) is 30.6 Å². The van der Waals surface area contributed by atoms with Gasteiger partial charge in [0.1, 0.15) is 0 Å². The summed E-state index contributed by atoms with van der Waals surface area (Å²) in [7, 11) is 0. The molecule has 1 fully saturated rings. The summed E-state index contributed by atoms with van der Waals surface area (Å²) in [5, 5.41) is 0. The Hall–Kier alpha value is -0.850. The largest absolute Gasteiger partial charge is 0.295 e. The molecule has 2 atom stereocenters. The molecule has 0 spiro atoms. The lowest BCUT2D eigenvalue weighted by Gasteiger charge is -2.45. The van der Waals surface area contributed by atoms with E-state index in [1.807, 2.05) is 6.08 Å². The SMILES string of the molecule is CC(C)=C1CCC2=CC(=O)C[C@@H](C)[C@]2(C)C1. The van der Waals surface area contributed by atoms with E-state index in [2.05, 4.69) is 27.7 Å². The summed E-state index contributed by atoms with van der Waals surface area (Å²) in [6.07, 6.45) is 6.07. The van der Waals surface area contributed by atoms with E-state index in [1.54, 1.807) is 5.57 Å². The van der Waals surface area contributed by atoms with Crippen molar-refractivity contribution in [2.24, 2.45) is 11.3 Å². The van der Waals surface area contributed by atoms with Crippen molar-refractivity contribution < 1.29 is 4.79 Å². The lowest BCUT2D eigenvalue weighted by molar-refractivity contribution is -0.117. The number of ketones is 1. The van der Waals surface area contributed by atoms with Crippen LogP contribution in [0, 0.1) is 11.3 Å². The lowest BCUT2D eigenvalue weighted by Crippen LogP contribution is -2.36. The van der Waals surface area contributed by atoms with E-state index in [0.29, 0.717) is 11.7 Å². The predicted octanol–water partition coefficient (Wildman–Crippen LogP) is 4.05. The van der Waals surface area contributed by atoms with Crippen molar-refractivity contribution in [3.8, 4) is 0 Å². The van der Waals surface area contributed by atoms with Gasteiger partial charge in [0.05, 0.1) is 0 Å². The molecule has 0 aliphatic heterocycles. The first-order chi connectivity index (χ1) is 7.43. The summed E-state index contributed by atoms with van der Waals surface area (Å²) in [6, 6.07) is 0. The Labute approximate surface area is 98.6 Å². The maximum atomic E-state index is 11.6. The van der Waals surface area contributed by atoms with E-state index in [4.69, 9.17) is 0 Å². The van der Waals surface area contributed by atoms with E-state index in [1.165, 1.54) is 11.1 Å². The summed E-state index contributed by atoms with van der Waals surface area (Å²) in [6.45, 7) is 9.01. The maximum Gasteiger partial charge on any atom is 0.155 e. The fraction of sp³-hybridized carbons (Fsp3) is 0.667. The third-order valence-electron chi connectivity index (χ3n) is 4.65. The van der Waals surface area contributed by atoms with Gasteiger partial charge in [-0.3, -0.25) is 4.79 Å². The third kappa shape index (κ3) is 1.77. The average molecular weight is 218 g/mol. The Morgan fingerprint density at radius 3 is 2.69 bits per heavy atom. The van der Waals surface area contributed by atoms with Gasteiger partial charge in [0.15, 0.2) is 5.78 Å². The Kier molecular flexibility index (Phi) is 2.81. The van der Waals surface area contributed by atoms with Crippen molar-refractivity contribution in [2.75, 3.05) is 0 Å². The molecular weight excluding hydrogens is 196 g/mol. The van der Waals surface area contributed by atoms with Crippen LogP contribution in [0.4, 0.5) is 0 Å². The minimum absolute atomic E-state index is 0.249. The van der Waals surface area contributed by atoms with Gasteiger partial charge in [-0.2, -0.15) is 0 Å². The zero-order valence-electron chi connectivity index (χ0n) is 10.9. The number of carbonyl (C=O) groups excluding carboxylic acids is 1. The van der Waals surface area contributed by atoms with Crippen LogP contribution in [0.5, 0.6) is 0 Å². The van der Waals surface area contributed by atoms with Crippen molar-refractivity contribution in [1.82, 2.24) is 0 Å². The van der Waals surface area contributed by atoms with E-state index in [0.717, 1.165) is 25.7 Å². The van der Waals surface area contributed by atoms with Crippen LogP contribution in [0.1, 0.15) is 53.4 Å². The first-order valence-corrected chi connectivity index (χ1v) is 6.32. The number of allylic oxidation sites excluding steroid dienone is 4. The van der Waals surface area contributed by atoms with Crippen LogP contribution in [0.3, 0.4) is 0 Å². The van der Waals surface area contributed by atoms with Gasteiger partial charge in [-0.05, 0) is 50.5 Å². The molecule has 0 heterocycles. The van der Waals surface area contributed by atoms with Crippen LogP contribution < -0.4 is 0 Å². The average Bonchev–Trinajstić information content (AvgIpc) is 2.19. The van der Waals surface area contributed by atoms with Gasteiger partial charge in [0.2, 0.25) is 0 Å². The number of rotatable bonds is 0. The van der Waals surface area contributed by atoms with Crippen LogP contribution in [-0.2, 0) is 4.79 Å². The molecule has 0 aromatic heterocycles. The molecule has 0 saturated heterocycles. The molecule has 1 heteroatoms. The number of hydrogen-bond acceptors (Lipinski definition) is 1. The summed E-state index contributed by atoms with van der Waals surface area (Å²) >= 11 is 0. The van der Waals surface area contributed by atoms with E-state index in [-0.39, 0.29) is 5.41 Å². The predicted molar refractivity (Wildman–Crippen MR) is 67.2 cm³/mol. The van der Waals surface area contributed by atoms with Crippen molar-refractivity contribution >= 4 is 5.78 Å². The van der Waals surface area contributed by atoms with E-state index >= 15 is 0 Å². The highest BCUT2D eigenvalue weighted by Crippen LogP contribution is 2.51. The highest BCUT2D eigenvalue weighted by molar-refractivity contribution is 5.92. The molecule has 0 unspecified atom stereocenters. The molecule has 88 valence electrons. The summed E-state index contributed by atoms with van der Waals surface area (Å²) < 4.78 is 0. The van der Waals surface area contributed by atoms with Crippen LogP contribution in [0.25, 0.3) is 0 Å². The molecule has 16 heavy (non-hydrogen) atoms. The van der Waals surface area contributed by atoms with Gasteiger partial charge in [-0.15, -0.1) is 0 Å². The highest BCUT2D eigenvalue weighted by Gasteiger charge is 2.41. The Morgan fingerprint density at radius 1 is 1.38 bits per heavy atom. The molecule has 0 amide bonds. The molecule has 2 aliphatic rings. The first kappa shape index (κ1) is 11.6. The minimum atomic E-state index is 0.249. The van der Waals surface area contributed by atoms with Gasteiger partial charge >= 0.3 is 0 Å². The summed E-state index contributed by atoms with van der Waals surface area (Å²) in [5.41, 5.74) is 4.74. The zero-order chi connectivity index (χ0) is 11.9. The molecule has 0 aromatic rings. The Morgan fingerprint density at radius 2 is 2.06 bits per heavy atom. The minimum Gasteiger partial charge on any atom is -0.295 e. The molecule has 0 radical (unpaired) electrons. The Balaban J connectivity index is 2.38. The molecule has 0 N–H and O–H groups in total. The third-order valence-corrected chi connectivity index (χ3v) is 4.65. The van der Waals surface area contributed by atoms with Crippen molar-refractivity contribution in [2.45, 2.75) is 53.4 Å². The zero-order valence-corrected chi connectivity index (χ0v) is 10.9. The van der Waals surface area contributed by atoms with Gasteiger partial charge in [0.25, 0.3) is 0 Å². The van der Waals surface area contributed by atoms with Crippen molar-refractivity contribution in [1.29, 1.82) is 0 Å². The fourth-order valence-electron chi connectivity index (χ4n) is 3.15. The molecule has 0 aromatic carbocycles. The summed E-state index contributed by atoms with van der Waals surface area (Å²) in [5.74, 6) is 0.829. The second kappa shape index (κ2) is 3.87. The molecule has 0 bridgehead atoms. The second-order valence-corrected chi connectivity index (χ2v) is 5.94. The highest BCUT2D eigenvalue weighted by atomic mass is 16.1. The van der Waals surface area contributed by atoms with Crippen LogP contribution in [-0.4, -0.2) is 5.78 Å². The number of carbonyl (C=O) groups is 1. The standard InChI is InChI=1S/C15H22O/c1-10(2)12-5-6-13-8-14(16)7-11(3)15(13,4)9-12/h8,11H,5-7,9H2,1-4H3/t11-,15+/m1/s1. The smallest absolute Gasteiger partial charge is 0.155 e. The number of hydrogen-bond donors (Lipinski definition) is 0. The van der Waals surface area contributed by atoms with E-state index in [9.17, 15) is 4.79 Å². The van der Waals surface area contributed by atoms with E-state index < -0.39 is 0 Å². The Bertz CT molecular complexity index is 382. The van der Waals surface area contributed by atoms with Crippen LogP contribution in [0.2, 0.25) is 0 Å². The maximum absolute atomic E-state index is 11.6. The quantitative estimate of drug-likeness (QED) is 0.561. The normalized spacial score (nSPS) is 34.5. The lowest BCUT2D eigenvalue weighted by atomic mass is 9.59. The molecule has 1 saturated carbocycles. The monoisotopic (exact) mass is 218 g/mol. The molecule has 2 aliphatic carbocycles. The fourth-order valence-corrected chi connectivity index (χ4v) is 3.15. The second-order valence-electron chi connectivity index (χ2n) is 5.94. The number of fused-ring (bicyclic) bond motifs is 1. The summed E-state index contributed by atoms with van der Waals surface area (Å²) in [4.78, 5) is 11.6.